The minimum absolute atomic E-state index is 0.0926. The number of pyridine rings is 1. The third-order valence-corrected chi connectivity index (χ3v) is 3.03. The summed E-state index contributed by atoms with van der Waals surface area (Å²) in [6.45, 7) is 1.63. The van der Waals surface area contributed by atoms with Gasteiger partial charge in [0.05, 0.1) is 6.54 Å². The average molecular weight is 353 g/mol. The minimum Gasteiger partial charge on any atom is -0.360 e. The number of hydrogen-bond donors (Lipinski definition) is 1. The summed E-state index contributed by atoms with van der Waals surface area (Å²) in [5, 5.41) is 6.20. The van der Waals surface area contributed by atoms with E-state index in [0.29, 0.717) is 21.7 Å². The highest BCUT2D eigenvalue weighted by Gasteiger charge is 2.16. The number of carbonyl (C=O) groups is 2. The molecule has 110 valence electrons. The number of likely N-dealkylation sites (N-methyl/N-ethyl adjacent to an activating group) is 1. The van der Waals surface area contributed by atoms with Crippen molar-refractivity contribution in [1.29, 1.82) is 0 Å². The molecule has 0 aliphatic rings. The molecule has 0 radical (unpaired) electrons. The van der Waals surface area contributed by atoms with E-state index in [2.05, 4.69) is 31.4 Å². The molecule has 2 amide bonds. The number of nitrogens with zero attached hydrogens (tertiary/aromatic N) is 3. The summed E-state index contributed by atoms with van der Waals surface area (Å²) in [7, 11) is 1.55. The molecular formula is C13H13BrN4O3. The van der Waals surface area contributed by atoms with E-state index in [0.717, 1.165) is 0 Å². The number of amides is 2. The van der Waals surface area contributed by atoms with Crippen molar-refractivity contribution in [3.05, 3.63) is 40.3 Å². The molecule has 0 fully saturated rings. The summed E-state index contributed by atoms with van der Waals surface area (Å²) in [4.78, 5) is 29.2. The van der Waals surface area contributed by atoms with Gasteiger partial charge in [0.15, 0.2) is 5.82 Å². The van der Waals surface area contributed by atoms with Crippen LogP contribution in [0.15, 0.2) is 33.5 Å². The fourth-order valence-corrected chi connectivity index (χ4v) is 2.02. The lowest BCUT2D eigenvalue weighted by Gasteiger charge is -2.16. The van der Waals surface area contributed by atoms with Gasteiger partial charge in [-0.2, -0.15) is 0 Å². The molecule has 0 bridgehead atoms. The van der Waals surface area contributed by atoms with Gasteiger partial charge in [0.2, 0.25) is 5.91 Å². The molecular weight excluding hydrogens is 340 g/mol. The first kappa shape index (κ1) is 15.2. The van der Waals surface area contributed by atoms with E-state index in [1.54, 1.807) is 32.2 Å². The third-order valence-electron chi connectivity index (χ3n) is 2.60. The summed E-state index contributed by atoms with van der Waals surface area (Å²) in [6.07, 6.45) is 1.52. The van der Waals surface area contributed by atoms with Gasteiger partial charge in [-0.3, -0.25) is 9.59 Å². The van der Waals surface area contributed by atoms with E-state index >= 15 is 0 Å². The predicted molar refractivity (Wildman–Crippen MR) is 78.8 cm³/mol. The van der Waals surface area contributed by atoms with E-state index < -0.39 is 0 Å². The topological polar surface area (TPSA) is 88.3 Å². The lowest BCUT2D eigenvalue weighted by atomic mass is 10.2. The number of anilines is 1. The van der Waals surface area contributed by atoms with Gasteiger partial charge in [-0.1, -0.05) is 5.16 Å². The highest BCUT2D eigenvalue weighted by molar-refractivity contribution is 9.10. The summed E-state index contributed by atoms with van der Waals surface area (Å²) in [5.74, 6) is 0.290. The molecule has 0 saturated carbocycles. The highest BCUT2D eigenvalue weighted by Crippen LogP contribution is 2.10. The van der Waals surface area contributed by atoms with Crippen LogP contribution in [0.1, 0.15) is 16.1 Å². The zero-order valence-electron chi connectivity index (χ0n) is 11.5. The van der Waals surface area contributed by atoms with Crippen LogP contribution < -0.4 is 5.32 Å². The largest absolute Gasteiger partial charge is 0.360 e. The van der Waals surface area contributed by atoms with Crippen molar-refractivity contribution in [2.75, 3.05) is 18.9 Å². The smallest absolute Gasteiger partial charge is 0.254 e. The molecule has 1 N–H and O–H groups in total. The number of nitrogens with one attached hydrogen (secondary N) is 1. The molecule has 2 aromatic rings. The Morgan fingerprint density at radius 3 is 2.81 bits per heavy atom. The SMILES string of the molecule is Cc1cc(NC(=O)CN(C)C(=O)c2ccnc(Br)c2)no1. The highest BCUT2D eigenvalue weighted by atomic mass is 79.9. The summed E-state index contributed by atoms with van der Waals surface area (Å²) >= 11 is 3.20. The van der Waals surface area contributed by atoms with Gasteiger partial charge in [0, 0.05) is 24.9 Å². The van der Waals surface area contributed by atoms with Crippen LogP contribution in [0.25, 0.3) is 0 Å². The molecule has 0 aliphatic heterocycles. The van der Waals surface area contributed by atoms with Crippen molar-refractivity contribution in [3.63, 3.8) is 0 Å². The van der Waals surface area contributed by atoms with Gasteiger partial charge in [-0.05, 0) is 35.0 Å². The second-order valence-corrected chi connectivity index (χ2v) is 5.21. The van der Waals surface area contributed by atoms with Gasteiger partial charge >= 0.3 is 0 Å². The van der Waals surface area contributed by atoms with Crippen LogP contribution in [0.3, 0.4) is 0 Å². The molecule has 2 heterocycles. The zero-order chi connectivity index (χ0) is 15.4. The lowest BCUT2D eigenvalue weighted by molar-refractivity contribution is -0.116. The first-order valence-electron chi connectivity index (χ1n) is 6.06. The van der Waals surface area contributed by atoms with E-state index in [-0.39, 0.29) is 18.4 Å². The monoisotopic (exact) mass is 352 g/mol. The van der Waals surface area contributed by atoms with Crippen molar-refractivity contribution in [2.45, 2.75) is 6.92 Å². The Kier molecular flexibility index (Phi) is 4.69. The molecule has 7 nitrogen and oxygen atoms in total. The van der Waals surface area contributed by atoms with Crippen molar-refractivity contribution < 1.29 is 14.1 Å². The zero-order valence-corrected chi connectivity index (χ0v) is 13.0. The van der Waals surface area contributed by atoms with E-state index in [1.807, 2.05) is 0 Å². The number of aryl methyl sites for hydroxylation is 1. The van der Waals surface area contributed by atoms with Gasteiger partial charge in [0.1, 0.15) is 10.4 Å². The maximum absolute atomic E-state index is 12.2. The number of halogens is 1. The summed E-state index contributed by atoms with van der Waals surface area (Å²) in [5.41, 5.74) is 0.449. The summed E-state index contributed by atoms with van der Waals surface area (Å²) < 4.78 is 5.40. The fraction of sp³-hybridized carbons (Fsp3) is 0.231. The molecule has 0 unspecified atom stereocenters. The fourth-order valence-electron chi connectivity index (χ4n) is 1.65. The summed E-state index contributed by atoms with van der Waals surface area (Å²) in [6, 6.07) is 4.78. The molecule has 0 aromatic carbocycles. The lowest BCUT2D eigenvalue weighted by Crippen LogP contribution is -2.35. The van der Waals surface area contributed by atoms with Crippen LogP contribution in [0.2, 0.25) is 0 Å². The van der Waals surface area contributed by atoms with Crippen molar-refractivity contribution >= 4 is 33.6 Å². The third kappa shape index (κ3) is 4.12. The predicted octanol–water partition coefficient (Wildman–Crippen LogP) is 1.85. The molecule has 2 aromatic heterocycles. The Morgan fingerprint density at radius 1 is 1.43 bits per heavy atom. The van der Waals surface area contributed by atoms with Gasteiger partial charge < -0.3 is 14.7 Å². The quantitative estimate of drug-likeness (QED) is 0.848. The second kappa shape index (κ2) is 6.49. The van der Waals surface area contributed by atoms with E-state index in [1.165, 1.54) is 11.1 Å². The van der Waals surface area contributed by atoms with Crippen molar-refractivity contribution in [3.8, 4) is 0 Å². The first-order chi connectivity index (χ1) is 9.95. The minimum atomic E-state index is -0.354. The van der Waals surface area contributed by atoms with Crippen LogP contribution in [-0.2, 0) is 4.79 Å². The Bertz CT molecular complexity index is 671. The molecule has 21 heavy (non-hydrogen) atoms. The number of carbonyl (C=O) groups excluding carboxylic acids is 2. The van der Waals surface area contributed by atoms with E-state index in [4.69, 9.17) is 4.52 Å². The molecule has 0 atom stereocenters. The Morgan fingerprint density at radius 2 is 2.19 bits per heavy atom. The van der Waals surface area contributed by atoms with Crippen LogP contribution in [0.4, 0.5) is 5.82 Å². The van der Waals surface area contributed by atoms with Crippen LogP contribution in [-0.4, -0.2) is 40.4 Å². The van der Waals surface area contributed by atoms with Gasteiger partial charge in [-0.25, -0.2) is 4.98 Å². The maximum atomic E-state index is 12.2. The molecule has 0 spiro atoms. The number of rotatable bonds is 4. The Balaban J connectivity index is 1.95. The normalized spacial score (nSPS) is 10.2. The molecule has 0 aliphatic carbocycles. The van der Waals surface area contributed by atoms with Crippen molar-refractivity contribution in [1.82, 2.24) is 15.0 Å². The van der Waals surface area contributed by atoms with E-state index in [9.17, 15) is 9.59 Å². The Hall–Kier alpha value is -2.22. The average Bonchev–Trinajstić information content (AvgIpc) is 2.82. The molecule has 0 saturated heterocycles. The van der Waals surface area contributed by atoms with Crippen LogP contribution in [0.5, 0.6) is 0 Å². The second-order valence-electron chi connectivity index (χ2n) is 4.40. The first-order valence-corrected chi connectivity index (χ1v) is 6.85. The number of hydrogen-bond acceptors (Lipinski definition) is 5. The maximum Gasteiger partial charge on any atom is 0.254 e. The van der Waals surface area contributed by atoms with Crippen molar-refractivity contribution in [2.24, 2.45) is 0 Å². The van der Waals surface area contributed by atoms with Gasteiger partial charge in [0.25, 0.3) is 5.91 Å². The molecule has 8 heteroatoms. The Labute approximate surface area is 129 Å². The molecule has 2 rings (SSSR count). The standard InChI is InChI=1S/C13H13BrN4O3/c1-8-5-11(17-21-8)16-12(19)7-18(2)13(20)9-3-4-15-10(14)6-9/h3-6H,7H2,1-2H3,(H,16,17,19). The van der Waals surface area contributed by atoms with Crippen LogP contribution in [0, 0.1) is 6.92 Å². The van der Waals surface area contributed by atoms with Gasteiger partial charge in [-0.15, -0.1) is 0 Å². The number of aromatic nitrogens is 2. The van der Waals surface area contributed by atoms with Crippen LogP contribution >= 0.6 is 15.9 Å².